The molecule has 0 aromatic heterocycles. The van der Waals surface area contributed by atoms with Gasteiger partial charge in [0, 0.05) is 17.5 Å². The summed E-state index contributed by atoms with van der Waals surface area (Å²) in [5.74, 6) is -0.384. The molecule has 4 heteroatoms. The molecule has 0 N–H and O–H groups in total. The number of rotatable bonds is 3. The lowest BCUT2D eigenvalue weighted by atomic mass is 9.88. The van der Waals surface area contributed by atoms with Gasteiger partial charge in [0.1, 0.15) is 11.4 Å². The second kappa shape index (κ2) is 5.49. The molecule has 0 amide bonds. The summed E-state index contributed by atoms with van der Waals surface area (Å²) in [6, 6.07) is 4.65. The first-order valence-corrected chi connectivity index (χ1v) is 6.92. The standard InChI is InChI=1S/C14H16BrFO2/c1-14(6-2-3-7-18-14)13(17)9-10-8-11(15)4-5-12(10)16/h4-5,8H,2-3,6-7,9H2,1H3. The lowest BCUT2D eigenvalue weighted by molar-refractivity contribution is -0.147. The molecule has 1 saturated heterocycles. The Bertz CT molecular complexity index is 453. The number of hydrogen-bond acceptors (Lipinski definition) is 2. The third kappa shape index (κ3) is 2.98. The van der Waals surface area contributed by atoms with Crippen LogP contribution in [0.3, 0.4) is 0 Å². The molecular formula is C14H16BrFO2. The van der Waals surface area contributed by atoms with E-state index in [1.165, 1.54) is 6.07 Å². The summed E-state index contributed by atoms with van der Waals surface area (Å²) in [6.45, 7) is 2.42. The van der Waals surface area contributed by atoms with Crippen molar-refractivity contribution >= 4 is 21.7 Å². The Morgan fingerprint density at radius 2 is 2.28 bits per heavy atom. The second-order valence-electron chi connectivity index (χ2n) is 4.87. The molecular weight excluding hydrogens is 299 g/mol. The highest BCUT2D eigenvalue weighted by molar-refractivity contribution is 9.10. The minimum absolute atomic E-state index is 0.0424. The van der Waals surface area contributed by atoms with Gasteiger partial charge in [-0.1, -0.05) is 15.9 Å². The van der Waals surface area contributed by atoms with Crippen LogP contribution in [0, 0.1) is 5.82 Å². The Morgan fingerprint density at radius 3 is 2.94 bits per heavy atom. The first kappa shape index (κ1) is 13.7. The smallest absolute Gasteiger partial charge is 0.168 e. The Hall–Kier alpha value is -0.740. The van der Waals surface area contributed by atoms with Gasteiger partial charge >= 0.3 is 0 Å². The molecule has 1 aliphatic rings. The van der Waals surface area contributed by atoms with Gasteiger partial charge in [-0.25, -0.2) is 4.39 Å². The van der Waals surface area contributed by atoms with E-state index in [2.05, 4.69) is 15.9 Å². The van der Waals surface area contributed by atoms with Crippen LogP contribution in [0.15, 0.2) is 22.7 Å². The fraction of sp³-hybridized carbons (Fsp3) is 0.500. The molecule has 98 valence electrons. The lowest BCUT2D eigenvalue weighted by Gasteiger charge is -2.32. The van der Waals surface area contributed by atoms with Crippen molar-refractivity contribution in [1.82, 2.24) is 0 Å². The summed E-state index contributed by atoms with van der Waals surface area (Å²) in [7, 11) is 0. The maximum Gasteiger partial charge on any atom is 0.168 e. The Morgan fingerprint density at radius 1 is 1.50 bits per heavy atom. The number of Topliss-reactive ketones (excluding diaryl/α,β-unsaturated/α-hetero) is 1. The highest BCUT2D eigenvalue weighted by Crippen LogP contribution is 2.27. The van der Waals surface area contributed by atoms with Gasteiger partial charge in [0.2, 0.25) is 0 Å². The topological polar surface area (TPSA) is 26.3 Å². The molecule has 0 bridgehead atoms. The Balaban J connectivity index is 2.13. The van der Waals surface area contributed by atoms with Crippen LogP contribution in [0.25, 0.3) is 0 Å². The highest BCUT2D eigenvalue weighted by atomic mass is 79.9. The van der Waals surface area contributed by atoms with Crippen LogP contribution in [0.1, 0.15) is 31.7 Å². The first-order chi connectivity index (χ1) is 8.51. The Kier molecular flexibility index (Phi) is 4.17. The SMILES string of the molecule is CC1(C(=O)Cc2cc(Br)ccc2F)CCCCO1. The molecule has 1 atom stereocenters. The van der Waals surface area contributed by atoms with Gasteiger partial charge in [0.25, 0.3) is 0 Å². The molecule has 1 heterocycles. The van der Waals surface area contributed by atoms with Crippen molar-refractivity contribution in [3.05, 3.63) is 34.1 Å². The monoisotopic (exact) mass is 314 g/mol. The zero-order valence-corrected chi connectivity index (χ0v) is 11.9. The normalized spacial score (nSPS) is 23.9. The van der Waals surface area contributed by atoms with Crippen LogP contribution in [-0.2, 0) is 16.0 Å². The van der Waals surface area contributed by atoms with Crippen LogP contribution in [0.2, 0.25) is 0 Å². The average Bonchev–Trinajstić information content (AvgIpc) is 2.35. The molecule has 1 aromatic rings. The zero-order valence-electron chi connectivity index (χ0n) is 10.3. The quantitative estimate of drug-likeness (QED) is 0.851. The summed E-state index contributed by atoms with van der Waals surface area (Å²) in [5.41, 5.74) is -0.322. The van der Waals surface area contributed by atoms with E-state index in [4.69, 9.17) is 4.74 Å². The van der Waals surface area contributed by atoms with Crippen LogP contribution in [0.4, 0.5) is 4.39 Å². The average molecular weight is 315 g/mol. The van der Waals surface area contributed by atoms with E-state index in [1.54, 1.807) is 12.1 Å². The van der Waals surface area contributed by atoms with Crippen LogP contribution >= 0.6 is 15.9 Å². The van der Waals surface area contributed by atoms with Crippen molar-refractivity contribution in [2.24, 2.45) is 0 Å². The van der Waals surface area contributed by atoms with Crippen molar-refractivity contribution in [3.8, 4) is 0 Å². The van der Waals surface area contributed by atoms with Crippen LogP contribution in [0.5, 0.6) is 0 Å². The van der Waals surface area contributed by atoms with Gasteiger partial charge in [0.05, 0.1) is 0 Å². The number of hydrogen-bond donors (Lipinski definition) is 0. The van der Waals surface area contributed by atoms with E-state index < -0.39 is 5.60 Å². The number of benzene rings is 1. The molecule has 0 radical (unpaired) electrons. The summed E-state index contributed by atoms with van der Waals surface area (Å²) >= 11 is 3.29. The van der Waals surface area contributed by atoms with Crippen LogP contribution in [-0.4, -0.2) is 18.0 Å². The fourth-order valence-electron chi connectivity index (χ4n) is 2.19. The second-order valence-corrected chi connectivity index (χ2v) is 5.79. The van der Waals surface area contributed by atoms with Crippen molar-refractivity contribution in [1.29, 1.82) is 0 Å². The van der Waals surface area contributed by atoms with Crippen molar-refractivity contribution in [2.75, 3.05) is 6.61 Å². The van der Waals surface area contributed by atoms with E-state index in [0.29, 0.717) is 12.2 Å². The molecule has 1 unspecified atom stereocenters. The molecule has 1 aromatic carbocycles. The number of carbonyl (C=O) groups excluding carboxylic acids is 1. The maximum absolute atomic E-state index is 13.6. The van der Waals surface area contributed by atoms with E-state index in [0.717, 1.165) is 23.7 Å². The molecule has 0 saturated carbocycles. The van der Waals surface area contributed by atoms with Gasteiger partial charge in [-0.05, 0) is 49.9 Å². The summed E-state index contributed by atoms with van der Waals surface area (Å²) in [5, 5.41) is 0. The zero-order chi connectivity index (χ0) is 13.2. The molecule has 1 fully saturated rings. The van der Waals surface area contributed by atoms with Crippen LogP contribution < -0.4 is 0 Å². The van der Waals surface area contributed by atoms with Gasteiger partial charge in [-0.3, -0.25) is 4.79 Å². The molecule has 18 heavy (non-hydrogen) atoms. The lowest BCUT2D eigenvalue weighted by Crippen LogP contribution is -2.42. The molecule has 0 aliphatic carbocycles. The minimum Gasteiger partial charge on any atom is -0.367 e. The van der Waals surface area contributed by atoms with Gasteiger partial charge in [-0.2, -0.15) is 0 Å². The number of carbonyl (C=O) groups is 1. The van der Waals surface area contributed by atoms with Gasteiger partial charge in [-0.15, -0.1) is 0 Å². The third-order valence-electron chi connectivity index (χ3n) is 3.42. The summed E-state index contributed by atoms with van der Waals surface area (Å²) in [6.07, 6.45) is 2.79. The number of halogens is 2. The number of ether oxygens (including phenoxy) is 1. The van der Waals surface area contributed by atoms with Gasteiger partial charge in [0.15, 0.2) is 5.78 Å². The third-order valence-corrected chi connectivity index (χ3v) is 3.91. The predicted octanol–water partition coefficient (Wildman–Crippen LogP) is 3.66. The highest BCUT2D eigenvalue weighted by Gasteiger charge is 2.35. The van der Waals surface area contributed by atoms with Crippen molar-refractivity contribution in [3.63, 3.8) is 0 Å². The Labute approximate surface area is 115 Å². The fourth-order valence-corrected chi connectivity index (χ4v) is 2.60. The van der Waals surface area contributed by atoms with E-state index in [-0.39, 0.29) is 18.0 Å². The largest absolute Gasteiger partial charge is 0.367 e. The molecule has 1 aliphatic heterocycles. The molecule has 2 nitrogen and oxygen atoms in total. The van der Waals surface area contributed by atoms with E-state index in [9.17, 15) is 9.18 Å². The first-order valence-electron chi connectivity index (χ1n) is 6.12. The van der Waals surface area contributed by atoms with Gasteiger partial charge < -0.3 is 4.74 Å². The van der Waals surface area contributed by atoms with E-state index >= 15 is 0 Å². The summed E-state index contributed by atoms with van der Waals surface area (Å²) < 4.78 is 20.0. The van der Waals surface area contributed by atoms with Crippen molar-refractivity contribution < 1.29 is 13.9 Å². The van der Waals surface area contributed by atoms with Crippen molar-refractivity contribution in [2.45, 2.75) is 38.2 Å². The molecule has 2 rings (SSSR count). The maximum atomic E-state index is 13.6. The predicted molar refractivity (Wildman–Crippen MR) is 71.0 cm³/mol. The summed E-state index contributed by atoms with van der Waals surface area (Å²) in [4.78, 5) is 12.2. The number of ketones is 1. The minimum atomic E-state index is -0.743. The molecule has 0 spiro atoms. The van der Waals surface area contributed by atoms with E-state index in [1.807, 2.05) is 6.92 Å².